The number of nitrogens with zero attached hydrogens (tertiary/aromatic N) is 4. The van der Waals surface area contributed by atoms with Gasteiger partial charge in [-0.15, -0.1) is 11.3 Å². The molecule has 5 aliphatic rings. The molecule has 6 bridgehead atoms. The Morgan fingerprint density at radius 2 is 1.76 bits per heavy atom. The van der Waals surface area contributed by atoms with Crippen molar-refractivity contribution in [3.8, 4) is 0 Å². The molecule has 7 rings (SSSR count). The molecule has 11 heteroatoms. The summed E-state index contributed by atoms with van der Waals surface area (Å²) in [6.45, 7) is 7.99. The summed E-state index contributed by atoms with van der Waals surface area (Å²) < 4.78 is 0. The molecule has 3 fully saturated rings. The van der Waals surface area contributed by atoms with Crippen LogP contribution in [0, 0.1) is 6.92 Å². The number of benzene rings is 1. The lowest BCUT2D eigenvalue weighted by atomic mass is 9.96. The summed E-state index contributed by atoms with van der Waals surface area (Å²) >= 11 is 1.65. The van der Waals surface area contributed by atoms with Gasteiger partial charge < -0.3 is 25.3 Å². The summed E-state index contributed by atoms with van der Waals surface area (Å²) in [5.74, 6) is -0.383. The highest BCUT2D eigenvalue weighted by Gasteiger charge is 2.48. The van der Waals surface area contributed by atoms with Crippen LogP contribution in [0.3, 0.4) is 0 Å². The fraction of sp³-hybridized carbons (Fsp3) is 0.581. The van der Waals surface area contributed by atoms with Gasteiger partial charge in [-0.3, -0.25) is 19.2 Å². The molecule has 1 aromatic heterocycles. The van der Waals surface area contributed by atoms with E-state index < -0.39 is 12.1 Å². The number of likely N-dealkylation sites (tertiary alicyclic amines) is 1. The number of fused-ring (bicyclic) bond motifs is 4. The first-order chi connectivity index (χ1) is 20.2. The predicted octanol–water partition coefficient (Wildman–Crippen LogP) is 2.08. The summed E-state index contributed by atoms with van der Waals surface area (Å²) in [4.78, 5) is 66.5. The number of carbonyl (C=O) groups is 4. The fourth-order valence-corrected chi connectivity index (χ4v) is 8.13. The number of rotatable bonds is 3. The van der Waals surface area contributed by atoms with E-state index in [0.717, 1.165) is 28.4 Å². The Hall–Kier alpha value is -3.31. The van der Waals surface area contributed by atoms with Crippen LogP contribution in [0.4, 0.5) is 0 Å². The van der Waals surface area contributed by atoms with Gasteiger partial charge in [0.1, 0.15) is 12.1 Å². The third-order valence-corrected chi connectivity index (χ3v) is 10.2. The van der Waals surface area contributed by atoms with Gasteiger partial charge in [-0.1, -0.05) is 32.0 Å². The number of thiazole rings is 1. The van der Waals surface area contributed by atoms with Crippen LogP contribution in [0.25, 0.3) is 0 Å². The minimum atomic E-state index is -0.773. The van der Waals surface area contributed by atoms with Gasteiger partial charge in [-0.2, -0.15) is 0 Å². The molecule has 0 unspecified atom stereocenters. The van der Waals surface area contributed by atoms with E-state index in [1.807, 2.05) is 17.9 Å². The molecule has 6 heterocycles. The summed E-state index contributed by atoms with van der Waals surface area (Å²) in [7, 11) is 0. The summed E-state index contributed by atoms with van der Waals surface area (Å²) in [5, 5.41) is 7.66. The second-order valence-electron chi connectivity index (χ2n) is 12.4. The Morgan fingerprint density at radius 1 is 1.02 bits per heavy atom. The molecular weight excluding hydrogens is 552 g/mol. The van der Waals surface area contributed by atoms with E-state index >= 15 is 0 Å². The van der Waals surface area contributed by atoms with Crippen LogP contribution < -0.4 is 10.6 Å². The number of carbonyl (C=O) groups excluding carboxylic acids is 4. The maximum atomic E-state index is 14.4. The van der Waals surface area contributed by atoms with Crippen molar-refractivity contribution in [2.75, 3.05) is 26.2 Å². The molecule has 42 heavy (non-hydrogen) atoms. The Labute approximate surface area is 250 Å². The Kier molecular flexibility index (Phi) is 8.06. The molecule has 4 atom stereocenters. The van der Waals surface area contributed by atoms with Crippen molar-refractivity contribution >= 4 is 35.0 Å². The van der Waals surface area contributed by atoms with Crippen molar-refractivity contribution in [3.63, 3.8) is 0 Å². The molecule has 10 nitrogen and oxygen atoms in total. The zero-order valence-corrected chi connectivity index (χ0v) is 25.4. The Bertz CT molecular complexity index is 1350. The van der Waals surface area contributed by atoms with E-state index in [4.69, 9.17) is 4.98 Å². The minimum absolute atomic E-state index is 0.0148. The largest absolute Gasteiger partial charge is 0.351 e. The van der Waals surface area contributed by atoms with E-state index in [-0.39, 0.29) is 60.6 Å². The van der Waals surface area contributed by atoms with Crippen LogP contribution in [0.2, 0.25) is 0 Å². The molecule has 5 aliphatic heterocycles. The zero-order chi connectivity index (χ0) is 29.5. The average molecular weight is 593 g/mol. The van der Waals surface area contributed by atoms with Gasteiger partial charge in [-0.05, 0) is 44.7 Å². The predicted molar refractivity (Wildman–Crippen MR) is 159 cm³/mol. The average Bonchev–Trinajstić information content (AvgIpc) is 3.69. The standard InChI is InChI=1S/C31H40N6O4S/c1-18(2)32-22-13-25-30(40)35-11-9-20(10-12-35)28-34-24(19(3)42-28)15-27(38)33-23-14-26(31(41)37(25)16-22)36(17-23)29(39)21-7-5-4-6-8-21/h4-8,18,20,22-23,25-26,32H,9-17H2,1-3H3,(H,33,38)/t22-,23-,25-,26-/m0/s1. The fourth-order valence-electron chi connectivity index (χ4n) is 7.02. The lowest BCUT2D eigenvalue weighted by Crippen LogP contribution is -2.54. The molecule has 1 aromatic carbocycles. The molecule has 0 spiro atoms. The van der Waals surface area contributed by atoms with Gasteiger partial charge in [-0.25, -0.2) is 4.98 Å². The van der Waals surface area contributed by atoms with Gasteiger partial charge in [0.25, 0.3) is 5.91 Å². The monoisotopic (exact) mass is 592 g/mol. The van der Waals surface area contributed by atoms with Gasteiger partial charge in [0.2, 0.25) is 17.7 Å². The molecule has 4 amide bonds. The van der Waals surface area contributed by atoms with Gasteiger partial charge in [0, 0.05) is 60.7 Å². The smallest absolute Gasteiger partial charge is 0.254 e. The molecule has 224 valence electrons. The maximum Gasteiger partial charge on any atom is 0.254 e. The maximum absolute atomic E-state index is 14.4. The first-order valence-corrected chi connectivity index (χ1v) is 16.0. The highest BCUT2D eigenvalue weighted by atomic mass is 32.1. The zero-order valence-electron chi connectivity index (χ0n) is 24.5. The van der Waals surface area contributed by atoms with Crippen LogP contribution in [0.15, 0.2) is 30.3 Å². The molecule has 0 radical (unpaired) electrons. The van der Waals surface area contributed by atoms with E-state index in [2.05, 4.69) is 24.5 Å². The van der Waals surface area contributed by atoms with Crippen LogP contribution in [-0.4, -0.2) is 99.7 Å². The molecular formula is C31H40N6O4S. The summed E-state index contributed by atoms with van der Waals surface area (Å²) in [6, 6.07) is 7.38. The number of aryl methyl sites for hydroxylation is 1. The van der Waals surface area contributed by atoms with E-state index in [9.17, 15) is 19.2 Å². The van der Waals surface area contributed by atoms with Crippen molar-refractivity contribution in [1.29, 1.82) is 0 Å². The van der Waals surface area contributed by atoms with E-state index in [1.54, 1.807) is 45.4 Å². The molecule has 0 saturated carbocycles. The number of piperidine rings is 1. The summed E-state index contributed by atoms with van der Waals surface area (Å²) in [5.41, 5.74) is 1.27. The number of amides is 4. The van der Waals surface area contributed by atoms with Crippen LogP contribution in [0.1, 0.15) is 71.4 Å². The van der Waals surface area contributed by atoms with Crippen molar-refractivity contribution in [2.24, 2.45) is 0 Å². The van der Waals surface area contributed by atoms with Gasteiger partial charge in [0.05, 0.1) is 17.1 Å². The van der Waals surface area contributed by atoms with Crippen LogP contribution >= 0.6 is 11.3 Å². The van der Waals surface area contributed by atoms with Crippen LogP contribution in [-0.2, 0) is 20.8 Å². The lowest BCUT2D eigenvalue weighted by Gasteiger charge is -2.36. The number of hydrogen-bond donors (Lipinski definition) is 2. The van der Waals surface area contributed by atoms with Crippen LogP contribution in [0.5, 0.6) is 0 Å². The molecule has 0 aliphatic carbocycles. The first-order valence-electron chi connectivity index (χ1n) is 15.1. The SMILES string of the molecule is Cc1sc2nc1CC(=O)N[C@H]1C[C@@H](C(=O)N3C[C@@H](NC(C)C)C[C@H]3C(=O)N3CCC2CC3)N(C(=O)c2ccccc2)C1. The highest BCUT2D eigenvalue weighted by molar-refractivity contribution is 7.11. The van der Waals surface area contributed by atoms with Gasteiger partial charge in [0.15, 0.2) is 0 Å². The van der Waals surface area contributed by atoms with Crippen molar-refractivity contribution < 1.29 is 19.2 Å². The lowest BCUT2D eigenvalue weighted by molar-refractivity contribution is -0.146. The molecule has 2 N–H and O–H groups in total. The quantitative estimate of drug-likeness (QED) is 0.564. The Morgan fingerprint density at radius 3 is 2.48 bits per heavy atom. The third-order valence-electron chi connectivity index (χ3n) is 9.06. The van der Waals surface area contributed by atoms with Crippen molar-refractivity contribution in [1.82, 2.24) is 30.3 Å². The van der Waals surface area contributed by atoms with Crippen molar-refractivity contribution in [3.05, 3.63) is 51.5 Å². The summed E-state index contributed by atoms with van der Waals surface area (Å²) in [6.07, 6.45) is 2.62. The van der Waals surface area contributed by atoms with Crippen molar-refractivity contribution in [2.45, 2.75) is 89.0 Å². The number of aromatic nitrogens is 1. The van der Waals surface area contributed by atoms with E-state index in [1.165, 1.54) is 0 Å². The molecule has 2 aromatic rings. The molecule has 3 saturated heterocycles. The Balaban J connectivity index is 1.35. The number of nitrogens with one attached hydrogen (secondary N) is 2. The number of hydrogen-bond acceptors (Lipinski definition) is 7. The van der Waals surface area contributed by atoms with E-state index in [0.29, 0.717) is 38.0 Å². The first kappa shape index (κ1) is 28.8. The second kappa shape index (κ2) is 11.8. The second-order valence-corrected chi connectivity index (χ2v) is 13.7. The normalized spacial score (nSPS) is 28.3. The third kappa shape index (κ3) is 5.68. The highest BCUT2D eigenvalue weighted by Crippen LogP contribution is 2.34. The topological polar surface area (TPSA) is 115 Å². The van der Waals surface area contributed by atoms with Gasteiger partial charge >= 0.3 is 0 Å². The minimum Gasteiger partial charge on any atom is -0.351 e.